The van der Waals surface area contributed by atoms with Crippen LogP contribution < -0.4 is 15.4 Å². The quantitative estimate of drug-likeness (QED) is 0.862. The van der Waals surface area contributed by atoms with Crippen LogP contribution >= 0.6 is 0 Å². The van der Waals surface area contributed by atoms with E-state index in [-0.39, 0.29) is 17.3 Å². The van der Waals surface area contributed by atoms with Crippen LogP contribution in [-0.2, 0) is 9.59 Å². The van der Waals surface area contributed by atoms with E-state index in [1.54, 1.807) is 13.8 Å². The minimum absolute atomic E-state index is 0.0846. The summed E-state index contributed by atoms with van der Waals surface area (Å²) in [6, 6.07) is 10.4. The average molecular weight is 348 g/mol. The van der Waals surface area contributed by atoms with Crippen molar-refractivity contribution in [2.75, 3.05) is 10.6 Å². The van der Waals surface area contributed by atoms with Gasteiger partial charge in [-0.15, -0.1) is 0 Å². The van der Waals surface area contributed by atoms with E-state index in [0.29, 0.717) is 5.69 Å². The van der Waals surface area contributed by atoms with Crippen molar-refractivity contribution in [2.45, 2.75) is 26.9 Å². The van der Waals surface area contributed by atoms with E-state index in [2.05, 4.69) is 15.4 Å². The summed E-state index contributed by atoms with van der Waals surface area (Å²) in [4.78, 5) is 22.7. The summed E-state index contributed by atoms with van der Waals surface area (Å²) >= 11 is 0. The zero-order chi connectivity index (χ0) is 18.6. The second-order valence-corrected chi connectivity index (χ2v) is 5.65. The van der Waals surface area contributed by atoms with Gasteiger partial charge in [0.05, 0.1) is 0 Å². The Bertz CT molecular complexity index is 769. The molecule has 0 spiro atoms. The fraction of sp³-hybridized carbons (Fsp3) is 0.222. The first-order valence-electron chi connectivity index (χ1n) is 7.50. The van der Waals surface area contributed by atoms with Crippen molar-refractivity contribution in [3.05, 3.63) is 53.6 Å². The number of aryl methyl sites for hydroxylation is 2. The highest BCUT2D eigenvalue weighted by molar-refractivity contribution is 5.95. The molecule has 0 radical (unpaired) electrons. The molecule has 2 amide bonds. The third-order valence-corrected chi connectivity index (χ3v) is 3.17. The monoisotopic (exact) mass is 348 g/mol. The van der Waals surface area contributed by atoms with Crippen LogP contribution in [0.25, 0.3) is 0 Å². The van der Waals surface area contributed by atoms with Crippen LogP contribution in [0.15, 0.2) is 42.5 Å². The molecule has 5 nitrogen and oxygen atoms in total. The molecule has 0 fully saturated rings. The Kier molecular flexibility index (Phi) is 5.36. The lowest BCUT2D eigenvalue weighted by molar-refractivity contribution is -0.187. The largest absolute Gasteiger partial charge is 0.482 e. The van der Waals surface area contributed by atoms with Crippen molar-refractivity contribution in [3.8, 4) is 5.75 Å². The zero-order valence-electron chi connectivity index (χ0n) is 14.0. The number of alkyl halides is 2. The smallest absolute Gasteiger partial charge is 0.425 e. The maximum absolute atomic E-state index is 14.0. The van der Waals surface area contributed by atoms with E-state index in [0.717, 1.165) is 11.1 Å². The average Bonchev–Trinajstić information content (AvgIpc) is 2.47. The molecule has 0 bridgehead atoms. The second-order valence-electron chi connectivity index (χ2n) is 5.65. The Hall–Kier alpha value is -2.96. The molecule has 0 heterocycles. The van der Waals surface area contributed by atoms with Gasteiger partial charge in [-0.25, -0.2) is 0 Å². The molecule has 2 N–H and O–H groups in total. The normalized spacial score (nSPS) is 10.9. The highest BCUT2D eigenvalue weighted by Gasteiger charge is 2.42. The molecule has 2 aromatic carbocycles. The standard InChI is InChI=1S/C18H18F2N2O3/c1-11-8-12(2)10-16(9-11)25-18(19,20)17(24)22-15-6-4-14(5-7-15)21-13(3)23/h4-10H,1-3H3,(H,21,23)(H,22,24). The summed E-state index contributed by atoms with van der Waals surface area (Å²) in [5.74, 6) is -1.93. The molecule has 7 heteroatoms. The Morgan fingerprint density at radius 2 is 1.40 bits per heavy atom. The number of hydrogen-bond acceptors (Lipinski definition) is 3. The van der Waals surface area contributed by atoms with Gasteiger partial charge in [0.15, 0.2) is 0 Å². The fourth-order valence-electron chi connectivity index (χ4n) is 2.23. The molecular formula is C18H18F2N2O3. The summed E-state index contributed by atoms with van der Waals surface area (Å²) in [5.41, 5.74) is 2.14. The van der Waals surface area contributed by atoms with Gasteiger partial charge in [-0.3, -0.25) is 9.59 Å². The van der Waals surface area contributed by atoms with Gasteiger partial charge < -0.3 is 15.4 Å². The summed E-state index contributed by atoms with van der Waals surface area (Å²) in [7, 11) is 0. The molecule has 0 atom stereocenters. The third-order valence-electron chi connectivity index (χ3n) is 3.17. The van der Waals surface area contributed by atoms with Crippen LogP contribution in [0.3, 0.4) is 0 Å². The lowest BCUT2D eigenvalue weighted by Gasteiger charge is -2.18. The van der Waals surface area contributed by atoms with E-state index in [4.69, 9.17) is 0 Å². The van der Waals surface area contributed by atoms with E-state index < -0.39 is 12.0 Å². The number of ether oxygens (including phenoxy) is 1. The van der Waals surface area contributed by atoms with Gasteiger partial charge in [0.2, 0.25) is 5.91 Å². The number of nitrogens with one attached hydrogen (secondary N) is 2. The van der Waals surface area contributed by atoms with Crippen molar-refractivity contribution < 1.29 is 23.1 Å². The molecule has 2 rings (SSSR count). The Morgan fingerprint density at radius 3 is 1.88 bits per heavy atom. The van der Waals surface area contributed by atoms with Gasteiger partial charge in [0, 0.05) is 18.3 Å². The van der Waals surface area contributed by atoms with E-state index in [1.165, 1.54) is 43.3 Å². The molecule has 0 aliphatic heterocycles. The fourth-order valence-corrected chi connectivity index (χ4v) is 2.23. The minimum Gasteiger partial charge on any atom is -0.425 e. The van der Waals surface area contributed by atoms with Crippen LogP contribution in [0.2, 0.25) is 0 Å². The first-order chi connectivity index (χ1) is 11.7. The first kappa shape index (κ1) is 18.4. The van der Waals surface area contributed by atoms with Crippen LogP contribution in [0.4, 0.5) is 20.2 Å². The lowest BCUT2D eigenvalue weighted by atomic mass is 10.1. The maximum atomic E-state index is 14.0. The van der Waals surface area contributed by atoms with E-state index >= 15 is 0 Å². The van der Waals surface area contributed by atoms with E-state index in [9.17, 15) is 18.4 Å². The molecule has 2 aromatic rings. The Morgan fingerprint density at radius 1 is 0.920 bits per heavy atom. The first-order valence-corrected chi connectivity index (χ1v) is 7.50. The van der Waals surface area contributed by atoms with Crippen molar-refractivity contribution in [1.82, 2.24) is 0 Å². The number of carbonyl (C=O) groups is 2. The summed E-state index contributed by atoms with van der Waals surface area (Å²) in [5, 5.41) is 4.62. The van der Waals surface area contributed by atoms with Crippen LogP contribution in [0, 0.1) is 13.8 Å². The van der Waals surface area contributed by atoms with Crippen LogP contribution in [-0.4, -0.2) is 17.9 Å². The molecular weight excluding hydrogens is 330 g/mol. The number of anilines is 2. The number of benzene rings is 2. The third kappa shape index (κ3) is 5.27. The Balaban J connectivity index is 2.06. The molecule has 132 valence electrons. The van der Waals surface area contributed by atoms with Crippen molar-refractivity contribution in [2.24, 2.45) is 0 Å². The molecule has 25 heavy (non-hydrogen) atoms. The number of halogens is 2. The highest BCUT2D eigenvalue weighted by atomic mass is 19.3. The number of amides is 2. The topological polar surface area (TPSA) is 67.4 Å². The van der Waals surface area contributed by atoms with Crippen molar-refractivity contribution >= 4 is 23.2 Å². The molecule has 0 unspecified atom stereocenters. The van der Waals surface area contributed by atoms with Gasteiger partial charge in [-0.05, 0) is 61.4 Å². The number of hydrogen-bond donors (Lipinski definition) is 2. The highest BCUT2D eigenvalue weighted by Crippen LogP contribution is 2.25. The lowest BCUT2D eigenvalue weighted by Crippen LogP contribution is -2.40. The van der Waals surface area contributed by atoms with E-state index in [1.807, 2.05) is 6.07 Å². The van der Waals surface area contributed by atoms with Gasteiger partial charge >= 0.3 is 12.0 Å². The number of carbonyl (C=O) groups excluding carboxylic acids is 2. The maximum Gasteiger partial charge on any atom is 0.482 e. The Labute approximate surface area is 144 Å². The summed E-state index contributed by atoms with van der Waals surface area (Å²) < 4.78 is 32.6. The predicted molar refractivity (Wildman–Crippen MR) is 90.9 cm³/mol. The summed E-state index contributed by atoms with van der Waals surface area (Å²) in [6.45, 7) is 4.84. The van der Waals surface area contributed by atoms with Gasteiger partial charge in [-0.1, -0.05) is 6.07 Å². The predicted octanol–water partition coefficient (Wildman–Crippen LogP) is 3.87. The molecule has 0 aromatic heterocycles. The number of rotatable bonds is 5. The molecule has 0 aliphatic rings. The minimum atomic E-state index is -4.03. The van der Waals surface area contributed by atoms with Gasteiger partial charge in [-0.2, -0.15) is 8.78 Å². The van der Waals surface area contributed by atoms with Gasteiger partial charge in [0.1, 0.15) is 5.75 Å². The van der Waals surface area contributed by atoms with Gasteiger partial charge in [0.25, 0.3) is 0 Å². The zero-order valence-corrected chi connectivity index (χ0v) is 14.0. The molecule has 0 saturated carbocycles. The summed E-state index contributed by atoms with van der Waals surface area (Å²) in [6.07, 6.45) is -4.03. The van der Waals surface area contributed by atoms with Crippen molar-refractivity contribution in [3.63, 3.8) is 0 Å². The van der Waals surface area contributed by atoms with Crippen molar-refractivity contribution in [1.29, 1.82) is 0 Å². The van der Waals surface area contributed by atoms with Crippen LogP contribution in [0.5, 0.6) is 5.75 Å². The SMILES string of the molecule is CC(=O)Nc1ccc(NC(=O)C(F)(F)Oc2cc(C)cc(C)c2)cc1. The second kappa shape index (κ2) is 7.29. The molecule has 0 saturated heterocycles. The van der Waals surface area contributed by atoms with Crippen LogP contribution in [0.1, 0.15) is 18.1 Å². The molecule has 0 aliphatic carbocycles.